The number of methoxy groups -OCH3 is 1. The van der Waals surface area contributed by atoms with Crippen molar-refractivity contribution in [3.05, 3.63) is 53.9 Å². The summed E-state index contributed by atoms with van der Waals surface area (Å²) in [4.78, 5) is 7.49. The van der Waals surface area contributed by atoms with Crippen LogP contribution in [0.5, 0.6) is 11.5 Å². The number of nitrogens with one attached hydrogen (secondary N) is 1. The molecule has 0 amide bonds. The van der Waals surface area contributed by atoms with Crippen molar-refractivity contribution >= 4 is 22.7 Å². The van der Waals surface area contributed by atoms with Crippen LogP contribution < -0.4 is 4.74 Å². The Labute approximate surface area is 127 Å². The summed E-state index contributed by atoms with van der Waals surface area (Å²) in [7, 11) is 1.48. The number of aromatic hydroxyl groups is 1. The van der Waals surface area contributed by atoms with Crippen molar-refractivity contribution in [1.82, 2.24) is 9.97 Å². The molecule has 5 nitrogen and oxygen atoms in total. The fourth-order valence-corrected chi connectivity index (χ4v) is 2.21. The molecule has 0 aliphatic heterocycles. The highest BCUT2D eigenvalue weighted by Crippen LogP contribution is 2.32. The van der Waals surface area contributed by atoms with Crippen LogP contribution in [0.1, 0.15) is 11.4 Å². The van der Waals surface area contributed by atoms with E-state index in [1.54, 1.807) is 24.3 Å². The molecule has 0 spiro atoms. The van der Waals surface area contributed by atoms with E-state index < -0.39 is 0 Å². The molecule has 1 aromatic heterocycles. The summed E-state index contributed by atoms with van der Waals surface area (Å²) < 4.78 is 5.07. The number of para-hydroxylation sites is 3. The van der Waals surface area contributed by atoms with Crippen LogP contribution in [0.2, 0.25) is 0 Å². The van der Waals surface area contributed by atoms with Gasteiger partial charge in [-0.15, -0.1) is 0 Å². The minimum Gasteiger partial charge on any atom is -0.504 e. The van der Waals surface area contributed by atoms with Crippen molar-refractivity contribution in [2.45, 2.75) is 0 Å². The predicted molar refractivity (Wildman–Crippen MR) is 84.2 cm³/mol. The van der Waals surface area contributed by atoms with Crippen molar-refractivity contribution in [3.63, 3.8) is 0 Å². The standard InChI is InChI=1S/C17H13N3O2/c1-22-15-8-4-5-11(16(15)21)9-12(10-18)17-19-13-6-2-3-7-14(13)20-17/h2-9,21H,1H3,(H,19,20)/b12-9+. The molecule has 2 aromatic carbocycles. The molecule has 0 unspecified atom stereocenters. The molecule has 3 aromatic rings. The van der Waals surface area contributed by atoms with Gasteiger partial charge in [0, 0.05) is 5.56 Å². The van der Waals surface area contributed by atoms with Gasteiger partial charge in [-0.1, -0.05) is 24.3 Å². The summed E-state index contributed by atoms with van der Waals surface area (Å²) in [5, 5.41) is 19.5. The SMILES string of the molecule is COc1cccc(/C=C(\C#N)c2nc3ccccc3[nH]2)c1O. The molecule has 2 N–H and O–H groups in total. The monoisotopic (exact) mass is 291 g/mol. The van der Waals surface area contributed by atoms with Crippen molar-refractivity contribution < 1.29 is 9.84 Å². The molecule has 0 fully saturated rings. The third-order valence-corrected chi connectivity index (χ3v) is 3.31. The van der Waals surface area contributed by atoms with Crippen molar-refractivity contribution in [2.24, 2.45) is 0 Å². The van der Waals surface area contributed by atoms with Gasteiger partial charge in [0.1, 0.15) is 11.9 Å². The van der Waals surface area contributed by atoms with E-state index in [0.717, 1.165) is 11.0 Å². The first-order valence-corrected chi connectivity index (χ1v) is 6.66. The lowest BCUT2D eigenvalue weighted by Gasteiger charge is -2.05. The Kier molecular flexibility index (Phi) is 3.50. The van der Waals surface area contributed by atoms with E-state index in [0.29, 0.717) is 22.7 Å². The lowest BCUT2D eigenvalue weighted by molar-refractivity contribution is 0.373. The number of hydrogen-bond acceptors (Lipinski definition) is 4. The number of fused-ring (bicyclic) bond motifs is 1. The maximum Gasteiger partial charge on any atom is 0.165 e. The second-order valence-corrected chi connectivity index (χ2v) is 4.67. The Morgan fingerprint density at radius 3 is 2.82 bits per heavy atom. The third kappa shape index (κ3) is 2.38. The molecule has 0 radical (unpaired) electrons. The van der Waals surface area contributed by atoms with Crippen LogP contribution in [0.4, 0.5) is 0 Å². The second-order valence-electron chi connectivity index (χ2n) is 4.67. The van der Waals surface area contributed by atoms with Gasteiger partial charge in [-0.05, 0) is 24.3 Å². The normalized spacial score (nSPS) is 11.4. The smallest absolute Gasteiger partial charge is 0.165 e. The summed E-state index contributed by atoms with van der Waals surface area (Å²) >= 11 is 0. The van der Waals surface area contributed by atoms with Crippen LogP contribution in [0.15, 0.2) is 42.5 Å². The molecule has 0 saturated carbocycles. The van der Waals surface area contributed by atoms with E-state index in [-0.39, 0.29) is 5.75 Å². The molecule has 108 valence electrons. The molecule has 1 heterocycles. The van der Waals surface area contributed by atoms with Crippen LogP contribution in [0.25, 0.3) is 22.7 Å². The lowest BCUT2D eigenvalue weighted by atomic mass is 10.1. The first kappa shape index (κ1) is 13.7. The van der Waals surface area contributed by atoms with E-state index in [1.165, 1.54) is 7.11 Å². The number of imidazole rings is 1. The number of benzene rings is 2. The average Bonchev–Trinajstić information content (AvgIpc) is 2.97. The van der Waals surface area contributed by atoms with Gasteiger partial charge >= 0.3 is 0 Å². The van der Waals surface area contributed by atoms with Gasteiger partial charge in [-0.25, -0.2) is 4.98 Å². The Morgan fingerprint density at radius 2 is 2.09 bits per heavy atom. The number of aromatic amines is 1. The summed E-state index contributed by atoms with van der Waals surface area (Å²) in [6.07, 6.45) is 1.58. The summed E-state index contributed by atoms with van der Waals surface area (Å²) in [5.41, 5.74) is 2.47. The van der Waals surface area contributed by atoms with E-state index >= 15 is 0 Å². The van der Waals surface area contributed by atoms with Gasteiger partial charge < -0.3 is 14.8 Å². The molecule has 22 heavy (non-hydrogen) atoms. The first-order valence-electron chi connectivity index (χ1n) is 6.66. The molecule has 5 heteroatoms. The first-order chi connectivity index (χ1) is 10.7. The van der Waals surface area contributed by atoms with Gasteiger partial charge in [0.2, 0.25) is 0 Å². The number of nitriles is 1. The van der Waals surface area contributed by atoms with E-state index in [1.807, 2.05) is 24.3 Å². The highest BCUT2D eigenvalue weighted by atomic mass is 16.5. The zero-order valence-corrected chi connectivity index (χ0v) is 11.9. The highest BCUT2D eigenvalue weighted by molar-refractivity contribution is 5.91. The van der Waals surface area contributed by atoms with Gasteiger partial charge in [-0.3, -0.25) is 0 Å². The Bertz CT molecular complexity index is 871. The third-order valence-electron chi connectivity index (χ3n) is 3.31. The second kappa shape index (κ2) is 5.62. The molecule has 0 aliphatic rings. The zero-order valence-electron chi connectivity index (χ0n) is 11.9. The summed E-state index contributed by atoms with van der Waals surface area (Å²) in [6.45, 7) is 0. The number of phenolic OH excluding ortho intramolecular Hbond substituents is 1. The van der Waals surface area contributed by atoms with Crippen molar-refractivity contribution in [1.29, 1.82) is 5.26 Å². The number of nitrogens with zero attached hydrogens (tertiary/aromatic N) is 2. The van der Waals surface area contributed by atoms with Crippen molar-refractivity contribution in [2.75, 3.05) is 7.11 Å². The molecule has 0 saturated heterocycles. The average molecular weight is 291 g/mol. The molecule has 0 bridgehead atoms. The minimum atomic E-state index is -0.00568. The van der Waals surface area contributed by atoms with Crippen LogP contribution in [-0.4, -0.2) is 22.2 Å². The Hall–Kier alpha value is -3.26. The topological polar surface area (TPSA) is 81.9 Å². The van der Waals surface area contributed by atoms with Gasteiger partial charge in [0.05, 0.1) is 23.7 Å². The Balaban J connectivity index is 2.09. The van der Waals surface area contributed by atoms with Crippen LogP contribution >= 0.6 is 0 Å². The minimum absolute atomic E-state index is 0.00568. The van der Waals surface area contributed by atoms with Gasteiger partial charge in [-0.2, -0.15) is 5.26 Å². The van der Waals surface area contributed by atoms with Crippen LogP contribution in [0, 0.1) is 11.3 Å². The Morgan fingerprint density at radius 1 is 1.27 bits per heavy atom. The summed E-state index contributed by atoms with van der Waals surface area (Å²) in [5.74, 6) is 0.815. The van der Waals surface area contributed by atoms with E-state index in [9.17, 15) is 10.4 Å². The fourth-order valence-electron chi connectivity index (χ4n) is 2.21. The number of ether oxygens (including phenoxy) is 1. The number of aromatic nitrogens is 2. The molecular formula is C17H13N3O2. The maximum absolute atomic E-state index is 10.1. The van der Waals surface area contributed by atoms with E-state index in [4.69, 9.17) is 4.74 Å². The van der Waals surface area contributed by atoms with Crippen LogP contribution in [-0.2, 0) is 0 Å². The van der Waals surface area contributed by atoms with Crippen molar-refractivity contribution in [3.8, 4) is 17.6 Å². The molecular weight excluding hydrogens is 278 g/mol. The van der Waals surface area contributed by atoms with Gasteiger partial charge in [0.25, 0.3) is 0 Å². The fraction of sp³-hybridized carbons (Fsp3) is 0.0588. The number of H-pyrrole nitrogens is 1. The molecule has 0 aliphatic carbocycles. The van der Waals surface area contributed by atoms with Crippen LogP contribution in [0.3, 0.4) is 0 Å². The highest BCUT2D eigenvalue weighted by Gasteiger charge is 2.10. The number of phenols is 1. The predicted octanol–water partition coefficient (Wildman–Crippen LogP) is 3.34. The molecule has 3 rings (SSSR count). The number of hydrogen-bond donors (Lipinski definition) is 2. The van der Waals surface area contributed by atoms with E-state index in [2.05, 4.69) is 16.0 Å². The molecule has 0 atom stereocenters. The van der Waals surface area contributed by atoms with Gasteiger partial charge in [0.15, 0.2) is 11.5 Å². The zero-order chi connectivity index (χ0) is 15.5. The largest absolute Gasteiger partial charge is 0.504 e. The lowest BCUT2D eigenvalue weighted by Crippen LogP contribution is -1.88. The number of allylic oxidation sites excluding steroid dienone is 1. The summed E-state index contributed by atoms with van der Waals surface area (Å²) in [6, 6.07) is 14.8. The quantitative estimate of drug-likeness (QED) is 0.725. The maximum atomic E-state index is 10.1. The number of rotatable bonds is 3.